The van der Waals surface area contributed by atoms with Crippen molar-refractivity contribution in [2.24, 2.45) is 5.92 Å². The number of para-hydroxylation sites is 1. The zero-order chi connectivity index (χ0) is 22.0. The van der Waals surface area contributed by atoms with E-state index in [1.54, 1.807) is 0 Å². The Balaban J connectivity index is 1.65. The number of nitrogens with zero attached hydrogens (tertiary/aromatic N) is 1. The highest BCUT2D eigenvalue weighted by Crippen LogP contribution is 2.58. The van der Waals surface area contributed by atoms with Gasteiger partial charge in [0.1, 0.15) is 0 Å². The molecular weight excluding hydrogens is 400 g/mol. The van der Waals surface area contributed by atoms with Crippen molar-refractivity contribution in [3.05, 3.63) is 126 Å². The molecule has 0 fully saturated rings. The van der Waals surface area contributed by atoms with Crippen LogP contribution in [0, 0.1) is 5.92 Å². The van der Waals surface area contributed by atoms with E-state index in [0.29, 0.717) is 5.92 Å². The first kappa shape index (κ1) is 18.6. The van der Waals surface area contributed by atoms with Crippen LogP contribution >= 0.6 is 0 Å². The van der Waals surface area contributed by atoms with Crippen molar-refractivity contribution in [1.82, 2.24) is 9.97 Å². The number of hydrogen-bond acceptors (Lipinski definition) is 1. The fourth-order valence-corrected chi connectivity index (χ4v) is 6.02. The largest absolute Gasteiger partial charge is 0.354 e. The van der Waals surface area contributed by atoms with E-state index in [1.165, 1.54) is 55.2 Å². The van der Waals surface area contributed by atoms with Crippen molar-refractivity contribution in [2.45, 2.75) is 18.8 Å². The quantitative estimate of drug-likeness (QED) is 0.311. The third-order valence-corrected chi connectivity index (χ3v) is 7.53. The van der Waals surface area contributed by atoms with Gasteiger partial charge in [0.15, 0.2) is 0 Å². The van der Waals surface area contributed by atoms with Crippen molar-refractivity contribution in [1.29, 1.82) is 0 Å². The van der Waals surface area contributed by atoms with E-state index in [9.17, 15) is 0 Å². The van der Waals surface area contributed by atoms with E-state index >= 15 is 0 Å². The first-order valence-corrected chi connectivity index (χ1v) is 11.7. The van der Waals surface area contributed by atoms with Gasteiger partial charge in [0.2, 0.25) is 0 Å². The molecule has 2 aliphatic rings. The fourth-order valence-electron chi connectivity index (χ4n) is 6.02. The molecule has 2 aromatic heterocycles. The maximum absolute atomic E-state index is 4.36. The summed E-state index contributed by atoms with van der Waals surface area (Å²) in [5.74, 6) is 0.565. The minimum absolute atomic E-state index is 0.349. The Morgan fingerprint density at radius 1 is 0.818 bits per heavy atom. The van der Waals surface area contributed by atoms with E-state index in [-0.39, 0.29) is 5.41 Å². The molecule has 2 atom stereocenters. The lowest BCUT2D eigenvalue weighted by Crippen LogP contribution is -2.30. The number of pyridine rings is 1. The van der Waals surface area contributed by atoms with Crippen LogP contribution in [-0.4, -0.2) is 9.97 Å². The minimum Gasteiger partial charge on any atom is -0.354 e. The highest BCUT2D eigenvalue weighted by Gasteiger charge is 2.47. The van der Waals surface area contributed by atoms with Crippen LogP contribution < -0.4 is 0 Å². The lowest BCUT2D eigenvalue weighted by Gasteiger charge is -2.36. The normalized spacial score (nSPS) is 21.2. The van der Waals surface area contributed by atoms with Crippen LogP contribution in [0.2, 0.25) is 0 Å². The molecule has 2 unspecified atom stereocenters. The van der Waals surface area contributed by atoms with Crippen molar-refractivity contribution >= 4 is 21.8 Å². The molecule has 0 bridgehead atoms. The topological polar surface area (TPSA) is 28.7 Å². The second-order valence-electron chi connectivity index (χ2n) is 9.38. The van der Waals surface area contributed by atoms with Gasteiger partial charge in [-0.3, -0.25) is 4.98 Å². The first-order valence-electron chi connectivity index (χ1n) is 11.7. The summed E-state index contributed by atoms with van der Waals surface area (Å²) in [6.45, 7) is 2.29. The van der Waals surface area contributed by atoms with E-state index in [4.69, 9.17) is 0 Å². The molecule has 5 aromatic rings. The molecule has 2 heteroatoms. The summed E-state index contributed by atoms with van der Waals surface area (Å²) in [6, 6.07) is 26.7. The zero-order valence-corrected chi connectivity index (χ0v) is 18.5. The molecule has 3 aromatic carbocycles. The minimum atomic E-state index is -0.349. The summed E-state index contributed by atoms with van der Waals surface area (Å²) in [6.07, 6.45) is 12.1. The lowest BCUT2D eigenvalue weighted by molar-refractivity contribution is 0.691. The van der Waals surface area contributed by atoms with E-state index in [0.717, 1.165) is 6.42 Å². The number of fused-ring (bicyclic) bond motifs is 6. The Hall–Kier alpha value is -3.91. The van der Waals surface area contributed by atoms with Gasteiger partial charge in [0.25, 0.3) is 0 Å². The SMILES string of the molecule is CC1C=CC(C2(c3ccncc3)c3ccccc3-c3cc4[nH]c5ccccc5c4cc32)=CC1. The molecule has 158 valence electrons. The molecule has 33 heavy (non-hydrogen) atoms. The number of rotatable bonds is 2. The lowest BCUT2D eigenvalue weighted by atomic mass is 9.66. The van der Waals surface area contributed by atoms with Crippen LogP contribution in [0.25, 0.3) is 32.9 Å². The number of H-pyrrole nitrogens is 1. The Morgan fingerprint density at radius 2 is 1.64 bits per heavy atom. The van der Waals surface area contributed by atoms with Crippen molar-refractivity contribution in [2.75, 3.05) is 0 Å². The number of aromatic nitrogens is 2. The van der Waals surface area contributed by atoms with Crippen LogP contribution in [0.15, 0.2) is 109 Å². The van der Waals surface area contributed by atoms with Crippen molar-refractivity contribution in [3.8, 4) is 11.1 Å². The molecule has 0 aliphatic heterocycles. The molecule has 2 aliphatic carbocycles. The number of allylic oxidation sites excluding steroid dienone is 4. The van der Waals surface area contributed by atoms with Crippen LogP contribution in [0.4, 0.5) is 0 Å². The van der Waals surface area contributed by atoms with Gasteiger partial charge in [-0.1, -0.05) is 67.6 Å². The molecule has 1 N–H and O–H groups in total. The average Bonchev–Trinajstić information content (AvgIpc) is 3.37. The van der Waals surface area contributed by atoms with Gasteiger partial charge in [-0.25, -0.2) is 0 Å². The van der Waals surface area contributed by atoms with Crippen molar-refractivity contribution < 1.29 is 0 Å². The third-order valence-electron chi connectivity index (χ3n) is 7.53. The predicted molar refractivity (Wildman–Crippen MR) is 136 cm³/mol. The maximum Gasteiger partial charge on any atom is 0.0711 e. The highest BCUT2D eigenvalue weighted by atomic mass is 14.7. The summed E-state index contributed by atoms with van der Waals surface area (Å²) in [5.41, 5.74) is 10.0. The Kier molecular flexibility index (Phi) is 3.84. The number of nitrogens with one attached hydrogen (secondary N) is 1. The zero-order valence-electron chi connectivity index (χ0n) is 18.5. The molecule has 0 amide bonds. The molecule has 7 rings (SSSR count). The molecule has 2 nitrogen and oxygen atoms in total. The average molecular weight is 425 g/mol. The number of benzene rings is 3. The Morgan fingerprint density at radius 3 is 2.48 bits per heavy atom. The summed E-state index contributed by atoms with van der Waals surface area (Å²) in [4.78, 5) is 8.01. The number of aromatic amines is 1. The van der Waals surface area contributed by atoms with Crippen LogP contribution in [0.5, 0.6) is 0 Å². The summed E-state index contributed by atoms with van der Waals surface area (Å²) >= 11 is 0. The smallest absolute Gasteiger partial charge is 0.0711 e. The molecule has 2 heterocycles. The van der Waals surface area contributed by atoms with Gasteiger partial charge in [-0.15, -0.1) is 0 Å². The first-order chi connectivity index (χ1) is 16.3. The predicted octanol–water partition coefficient (Wildman–Crippen LogP) is 7.55. The third kappa shape index (κ3) is 2.46. The summed E-state index contributed by atoms with van der Waals surface area (Å²) in [5, 5.41) is 2.56. The van der Waals surface area contributed by atoms with Gasteiger partial charge in [0.05, 0.1) is 5.41 Å². The van der Waals surface area contributed by atoms with Crippen molar-refractivity contribution in [3.63, 3.8) is 0 Å². The van der Waals surface area contributed by atoms with Crippen LogP contribution in [0.3, 0.4) is 0 Å². The van der Waals surface area contributed by atoms with Gasteiger partial charge in [0, 0.05) is 34.2 Å². The van der Waals surface area contributed by atoms with Gasteiger partial charge < -0.3 is 4.98 Å². The molecule has 0 saturated heterocycles. The standard InChI is InChI=1S/C31H24N2/c1-20-10-12-21(13-11-20)31(22-14-16-32-17-15-22)27-8-4-2-6-23(27)25-19-30-26(18-28(25)31)24-7-3-5-9-29(24)33-30/h2-10,12-20,33H,11H2,1H3. The van der Waals surface area contributed by atoms with Gasteiger partial charge >= 0.3 is 0 Å². The highest BCUT2D eigenvalue weighted by molar-refractivity contribution is 6.10. The van der Waals surface area contributed by atoms with Crippen LogP contribution in [-0.2, 0) is 5.41 Å². The second kappa shape index (κ2) is 6.79. The Bertz CT molecular complexity index is 1600. The maximum atomic E-state index is 4.36. The van der Waals surface area contributed by atoms with Crippen LogP contribution in [0.1, 0.15) is 30.0 Å². The molecule has 0 radical (unpaired) electrons. The fraction of sp³-hybridized carbons (Fsp3) is 0.129. The summed E-state index contributed by atoms with van der Waals surface area (Å²) < 4.78 is 0. The van der Waals surface area contributed by atoms with E-state index in [2.05, 4.69) is 108 Å². The van der Waals surface area contributed by atoms with Gasteiger partial charge in [-0.2, -0.15) is 0 Å². The Labute approximate surface area is 193 Å². The monoisotopic (exact) mass is 424 g/mol. The molecular formula is C31H24N2. The molecule has 0 saturated carbocycles. The summed E-state index contributed by atoms with van der Waals surface area (Å²) in [7, 11) is 0. The van der Waals surface area contributed by atoms with E-state index < -0.39 is 0 Å². The van der Waals surface area contributed by atoms with Gasteiger partial charge in [-0.05, 0) is 76.1 Å². The number of hydrogen-bond donors (Lipinski definition) is 1. The molecule has 0 spiro atoms. The second-order valence-corrected chi connectivity index (χ2v) is 9.38. The van der Waals surface area contributed by atoms with E-state index in [1.807, 2.05) is 12.4 Å².